The molecule has 0 bridgehead atoms. The zero-order valence-corrected chi connectivity index (χ0v) is 7.20. The van der Waals surface area contributed by atoms with Gasteiger partial charge in [-0.1, -0.05) is 30.4 Å². The largest absolute Gasteiger partial charge is 0.303 e. The summed E-state index contributed by atoms with van der Waals surface area (Å²) in [7, 11) is 0. The molecule has 0 aromatic heterocycles. The summed E-state index contributed by atoms with van der Waals surface area (Å²) in [5.41, 5.74) is 1.36. The SMILES string of the molecule is O=CCC=CC=C1C=CCCC1. The quantitative estimate of drug-likeness (QED) is 0.583. The maximum atomic E-state index is 9.97. The Balaban J connectivity index is 2.39. The highest BCUT2D eigenvalue weighted by Gasteiger charge is 1.95. The fourth-order valence-electron chi connectivity index (χ4n) is 1.21. The summed E-state index contributed by atoms with van der Waals surface area (Å²) in [5, 5.41) is 0. The second-order valence-electron chi connectivity index (χ2n) is 2.87. The molecule has 0 N–H and O–H groups in total. The van der Waals surface area contributed by atoms with Crippen molar-refractivity contribution in [1.82, 2.24) is 0 Å². The van der Waals surface area contributed by atoms with Crippen LogP contribution in [0.3, 0.4) is 0 Å². The van der Waals surface area contributed by atoms with Gasteiger partial charge in [0, 0.05) is 6.42 Å². The molecule has 0 saturated heterocycles. The Hall–Kier alpha value is -1.11. The van der Waals surface area contributed by atoms with Crippen LogP contribution in [0.1, 0.15) is 25.7 Å². The minimum atomic E-state index is 0.521. The first-order valence-electron chi connectivity index (χ1n) is 4.39. The Labute approximate surface area is 73.5 Å². The Kier molecular flexibility index (Phi) is 4.14. The van der Waals surface area contributed by atoms with Gasteiger partial charge in [0.25, 0.3) is 0 Å². The van der Waals surface area contributed by atoms with E-state index in [9.17, 15) is 4.79 Å². The summed E-state index contributed by atoms with van der Waals surface area (Å²) in [6, 6.07) is 0. The van der Waals surface area contributed by atoms with Gasteiger partial charge in [-0.2, -0.15) is 0 Å². The van der Waals surface area contributed by atoms with Gasteiger partial charge in [-0.05, 0) is 24.8 Å². The lowest BCUT2D eigenvalue weighted by Gasteiger charge is -2.04. The normalized spacial score (nSPS) is 20.5. The number of rotatable bonds is 3. The molecule has 0 atom stereocenters. The first kappa shape index (κ1) is 8.98. The van der Waals surface area contributed by atoms with Crippen molar-refractivity contribution in [2.45, 2.75) is 25.7 Å². The predicted molar refractivity (Wildman–Crippen MR) is 50.9 cm³/mol. The Bertz CT molecular complexity index is 221. The average Bonchev–Trinajstić information content (AvgIpc) is 2.14. The van der Waals surface area contributed by atoms with Gasteiger partial charge in [-0.25, -0.2) is 0 Å². The molecule has 0 amide bonds. The van der Waals surface area contributed by atoms with Gasteiger partial charge >= 0.3 is 0 Å². The highest BCUT2D eigenvalue weighted by molar-refractivity contribution is 5.52. The van der Waals surface area contributed by atoms with Crippen LogP contribution in [0, 0.1) is 0 Å². The van der Waals surface area contributed by atoms with Gasteiger partial charge in [0.2, 0.25) is 0 Å². The molecule has 0 aromatic carbocycles. The summed E-state index contributed by atoms with van der Waals surface area (Å²) < 4.78 is 0. The van der Waals surface area contributed by atoms with Crippen LogP contribution in [-0.2, 0) is 4.79 Å². The molecule has 64 valence electrons. The highest BCUT2D eigenvalue weighted by atomic mass is 16.1. The molecule has 1 heteroatoms. The van der Waals surface area contributed by atoms with E-state index in [1.54, 1.807) is 0 Å². The number of hydrogen-bond acceptors (Lipinski definition) is 1. The molecule has 0 aliphatic heterocycles. The van der Waals surface area contributed by atoms with Crippen LogP contribution in [0.15, 0.2) is 36.0 Å². The summed E-state index contributed by atoms with van der Waals surface area (Å²) in [5.74, 6) is 0. The molecule has 0 heterocycles. The minimum Gasteiger partial charge on any atom is -0.303 e. The van der Waals surface area contributed by atoms with Crippen LogP contribution in [-0.4, -0.2) is 6.29 Å². The number of aldehydes is 1. The van der Waals surface area contributed by atoms with Crippen LogP contribution in [0.4, 0.5) is 0 Å². The molecule has 12 heavy (non-hydrogen) atoms. The molecule has 1 aliphatic carbocycles. The summed E-state index contributed by atoms with van der Waals surface area (Å²) in [4.78, 5) is 9.97. The van der Waals surface area contributed by atoms with Crippen molar-refractivity contribution >= 4 is 6.29 Å². The van der Waals surface area contributed by atoms with Crippen LogP contribution in [0.2, 0.25) is 0 Å². The average molecular weight is 162 g/mol. The molecular weight excluding hydrogens is 148 g/mol. The van der Waals surface area contributed by atoms with Gasteiger partial charge in [0.1, 0.15) is 6.29 Å². The van der Waals surface area contributed by atoms with Crippen molar-refractivity contribution in [3.05, 3.63) is 36.0 Å². The van der Waals surface area contributed by atoms with E-state index in [0.29, 0.717) is 6.42 Å². The molecule has 1 aliphatic rings. The van der Waals surface area contributed by atoms with Crippen LogP contribution in [0.5, 0.6) is 0 Å². The van der Waals surface area contributed by atoms with E-state index < -0.39 is 0 Å². The molecule has 0 fully saturated rings. The third-order valence-corrected chi connectivity index (χ3v) is 1.85. The van der Waals surface area contributed by atoms with E-state index in [-0.39, 0.29) is 0 Å². The van der Waals surface area contributed by atoms with Gasteiger partial charge in [0.15, 0.2) is 0 Å². The van der Waals surface area contributed by atoms with Crippen LogP contribution < -0.4 is 0 Å². The first-order valence-corrected chi connectivity index (χ1v) is 4.39. The van der Waals surface area contributed by atoms with Gasteiger partial charge in [-0.15, -0.1) is 0 Å². The molecule has 0 saturated carbocycles. The van der Waals surface area contributed by atoms with E-state index in [1.165, 1.54) is 24.8 Å². The van der Waals surface area contributed by atoms with E-state index >= 15 is 0 Å². The smallest absolute Gasteiger partial charge is 0.123 e. The zero-order valence-electron chi connectivity index (χ0n) is 7.20. The van der Waals surface area contributed by atoms with Crippen LogP contribution in [0.25, 0.3) is 0 Å². The summed E-state index contributed by atoms with van der Waals surface area (Å²) >= 11 is 0. The highest BCUT2D eigenvalue weighted by Crippen LogP contribution is 2.15. The lowest BCUT2D eigenvalue weighted by molar-refractivity contribution is -0.107. The fourth-order valence-corrected chi connectivity index (χ4v) is 1.21. The number of carbonyl (C=O) groups is 1. The van der Waals surface area contributed by atoms with Crippen molar-refractivity contribution in [2.75, 3.05) is 0 Å². The lowest BCUT2D eigenvalue weighted by Crippen LogP contribution is -1.84. The third kappa shape index (κ3) is 3.33. The Morgan fingerprint density at radius 2 is 2.42 bits per heavy atom. The molecule has 0 spiro atoms. The van der Waals surface area contributed by atoms with Crippen molar-refractivity contribution in [1.29, 1.82) is 0 Å². The molecular formula is C11H14O. The summed E-state index contributed by atoms with van der Waals surface area (Å²) in [6.07, 6.45) is 15.3. The second kappa shape index (κ2) is 5.53. The lowest BCUT2D eigenvalue weighted by atomic mass is 10.0. The van der Waals surface area contributed by atoms with Crippen molar-refractivity contribution in [3.8, 4) is 0 Å². The van der Waals surface area contributed by atoms with Gasteiger partial charge < -0.3 is 4.79 Å². The van der Waals surface area contributed by atoms with Crippen molar-refractivity contribution in [3.63, 3.8) is 0 Å². The van der Waals surface area contributed by atoms with Crippen molar-refractivity contribution < 1.29 is 4.79 Å². The number of allylic oxidation sites excluding steroid dienone is 6. The van der Waals surface area contributed by atoms with Crippen molar-refractivity contribution in [2.24, 2.45) is 0 Å². The fraction of sp³-hybridized carbons (Fsp3) is 0.364. The number of carbonyl (C=O) groups excluding carboxylic acids is 1. The Morgan fingerprint density at radius 3 is 3.08 bits per heavy atom. The monoisotopic (exact) mass is 162 g/mol. The molecule has 0 unspecified atom stereocenters. The molecule has 1 nitrogen and oxygen atoms in total. The summed E-state index contributed by atoms with van der Waals surface area (Å²) in [6.45, 7) is 0. The maximum Gasteiger partial charge on any atom is 0.123 e. The Morgan fingerprint density at radius 1 is 1.50 bits per heavy atom. The standard InChI is InChI=1S/C11H14O/c12-10-6-2-5-9-11-7-3-1-4-8-11/h2-3,5,7,9-10H,1,4,6,8H2. The predicted octanol–water partition coefficient (Wildman–Crippen LogP) is 2.80. The van der Waals surface area contributed by atoms with Gasteiger partial charge in [0.05, 0.1) is 0 Å². The zero-order chi connectivity index (χ0) is 8.65. The van der Waals surface area contributed by atoms with Gasteiger partial charge in [-0.3, -0.25) is 0 Å². The van der Waals surface area contributed by atoms with Crippen LogP contribution >= 0.6 is 0 Å². The van der Waals surface area contributed by atoms with E-state index in [0.717, 1.165) is 6.29 Å². The molecule has 0 radical (unpaired) electrons. The van der Waals surface area contributed by atoms with E-state index in [2.05, 4.69) is 18.2 Å². The minimum absolute atomic E-state index is 0.521. The van der Waals surface area contributed by atoms with E-state index in [4.69, 9.17) is 0 Å². The van der Waals surface area contributed by atoms with E-state index in [1.807, 2.05) is 12.2 Å². The molecule has 1 rings (SSSR count). The molecule has 0 aromatic rings. The number of hydrogen-bond donors (Lipinski definition) is 0. The third-order valence-electron chi connectivity index (χ3n) is 1.85. The second-order valence-corrected chi connectivity index (χ2v) is 2.87. The topological polar surface area (TPSA) is 17.1 Å². The first-order chi connectivity index (χ1) is 5.93. The maximum absolute atomic E-state index is 9.97.